The van der Waals surface area contributed by atoms with Crippen molar-refractivity contribution in [1.82, 2.24) is 39.5 Å². The first kappa shape index (κ1) is 84.6. The van der Waals surface area contributed by atoms with Crippen molar-refractivity contribution in [2.75, 3.05) is 26.2 Å². The van der Waals surface area contributed by atoms with E-state index < -0.39 is 0 Å². The van der Waals surface area contributed by atoms with E-state index in [-0.39, 0.29) is 22.2 Å². The lowest BCUT2D eigenvalue weighted by Gasteiger charge is -2.62. The number of hydrogen-bond acceptors (Lipinski definition) is 8. The highest BCUT2D eigenvalue weighted by molar-refractivity contribution is 5.79. The summed E-state index contributed by atoms with van der Waals surface area (Å²) in [6.45, 7) is 38.8. The van der Waals surface area contributed by atoms with Gasteiger partial charge in [0.25, 0.3) is 0 Å². The van der Waals surface area contributed by atoms with Crippen molar-refractivity contribution in [3.8, 4) is 0 Å². The maximum Gasteiger partial charge on any atom is 0.222 e. The van der Waals surface area contributed by atoms with Gasteiger partial charge in [-0.15, -0.1) is 0 Å². The number of fused-ring (bicyclic) bond motifs is 20. The van der Waals surface area contributed by atoms with Crippen LogP contribution in [0.15, 0.2) is 98.1 Å². The molecule has 12 aliphatic carbocycles. The van der Waals surface area contributed by atoms with Crippen LogP contribution in [0.25, 0.3) is 22.3 Å². The van der Waals surface area contributed by atoms with Gasteiger partial charge >= 0.3 is 0 Å². The van der Waals surface area contributed by atoms with Gasteiger partial charge in [-0.3, -0.25) is 39.1 Å². The molecule has 4 aliphatic heterocycles. The van der Waals surface area contributed by atoms with Crippen molar-refractivity contribution in [2.45, 2.75) is 333 Å². The molecule has 0 radical (unpaired) electrons. The molecule has 20 rings (SSSR count). The third-order valence-corrected chi connectivity index (χ3v) is 38.9. The van der Waals surface area contributed by atoms with Crippen molar-refractivity contribution in [3.63, 3.8) is 0 Å². The van der Waals surface area contributed by atoms with E-state index in [1.165, 1.54) is 218 Å². The Labute approximate surface area is 717 Å². The molecule has 4 saturated heterocycles. The summed E-state index contributed by atoms with van der Waals surface area (Å²) in [5.74, 6) is 10.3. The van der Waals surface area contributed by atoms with Crippen LogP contribution in [0.1, 0.15) is 328 Å². The molecule has 0 spiro atoms. The fourth-order valence-electron chi connectivity index (χ4n) is 32.9. The van der Waals surface area contributed by atoms with E-state index in [1.54, 1.807) is 29.2 Å². The summed E-state index contributed by atoms with van der Waals surface area (Å²) in [4.78, 5) is 76.4. The Morgan fingerprint density at radius 2 is 0.664 bits per heavy atom. The van der Waals surface area contributed by atoms with Crippen LogP contribution in [-0.4, -0.2) is 114 Å². The van der Waals surface area contributed by atoms with E-state index in [0.717, 1.165) is 123 Å². The van der Waals surface area contributed by atoms with E-state index in [9.17, 15) is 19.2 Å². The number of likely N-dealkylation sites (tertiary alicyclic amines) is 4. The molecule has 12 nitrogen and oxygen atoms in total. The van der Waals surface area contributed by atoms with Gasteiger partial charge in [-0.1, -0.05) is 114 Å². The van der Waals surface area contributed by atoms with Gasteiger partial charge in [0.2, 0.25) is 24.1 Å². The van der Waals surface area contributed by atoms with Crippen LogP contribution in [0.5, 0.6) is 0 Å². The van der Waals surface area contributed by atoms with Crippen molar-refractivity contribution in [2.24, 2.45) is 114 Å². The minimum Gasteiger partial charge on any atom is -0.342 e. The van der Waals surface area contributed by atoms with Crippen LogP contribution in [0.3, 0.4) is 0 Å². The number of rotatable bonds is 10. The van der Waals surface area contributed by atoms with Crippen molar-refractivity contribution in [1.29, 1.82) is 0 Å². The number of nitrogens with zero attached hydrogens (tertiary/aromatic N) is 8. The molecule has 0 bridgehead atoms. The third kappa shape index (κ3) is 14.0. The Morgan fingerprint density at radius 3 is 0.975 bits per heavy atom. The Balaban J connectivity index is 0.000000114. The standard InChI is InChI=1S/C28H40N2O.2C27H38N2O.C25H34N2O/c1-5-19-16-20(18-29-17-19)22-9-10-23-21-8-11-25-28(4,24(21)12-14-27(22,23)3)13-7-15-30(25)26(31)6-2;1-5-19-15-20(17-28-16-19)22-8-9-23-21-7-10-25-27(4,12-6-14-29(25)18(2)30)24(21)11-13-26(22,23)3;1-5-25(30)29-14-6-12-27(4)23-11-13-26(3)21(19-15-18(2)16-28-17-19)8-9-22(26)20(23)7-10-24(27)29;1-4-17-13-18(15-26-14-17)20-6-7-21-19-5-8-23-25(3,11-12-27(23)16-28)22(19)9-10-24(20,21)2/h9,16-18,21,23-25H,5-8,10-15H2,1-4H3;8,15-17,21,23-25H,5-7,9-14H2,1-4H3;8,15-17,20,22-24H,5-7,9-14H2,1-4H3;6,13-16,19,21-23H,4-5,7-12H2,1-3H3/t21-,23-,24-,25?,27+,28+;21-,23-,24-,25?,26+,27+;20-,22-,23?,24?,26+,27+;19-,21-,22-,23?,24+,25+/m0000/s1. The largest absolute Gasteiger partial charge is 0.342 e. The lowest BCUT2D eigenvalue weighted by Crippen LogP contribution is -2.61. The maximum absolute atomic E-state index is 12.7. The number of carbonyl (C=O) groups is 4. The molecule has 24 atom stereocenters. The monoisotopic (exact) mass is 1610 g/mol. The number of allylic oxidation sites excluding steroid dienone is 8. The van der Waals surface area contributed by atoms with Gasteiger partial charge in [0.05, 0.1) is 0 Å². The van der Waals surface area contributed by atoms with Gasteiger partial charge in [0.1, 0.15) is 0 Å². The second-order valence-electron chi connectivity index (χ2n) is 43.7. The van der Waals surface area contributed by atoms with Crippen LogP contribution in [0.2, 0.25) is 0 Å². The molecule has 119 heavy (non-hydrogen) atoms. The van der Waals surface area contributed by atoms with E-state index in [1.807, 2.05) is 38.6 Å². The minimum absolute atomic E-state index is 0.284. The van der Waals surface area contributed by atoms with Crippen molar-refractivity contribution >= 4 is 46.4 Å². The summed E-state index contributed by atoms with van der Waals surface area (Å²) in [6, 6.07) is 11.3. The molecule has 16 aliphatic rings. The predicted molar refractivity (Wildman–Crippen MR) is 482 cm³/mol. The van der Waals surface area contributed by atoms with E-state index in [2.05, 4.69) is 196 Å². The summed E-state index contributed by atoms with van der Waals surface area (Å²) >= 11 is 0. The summed E-state index contributed by atoms with van der Waals surface area (Å²) in [6.07, 6.45) is 66.1. The second kappa shape index (κ2) is 32.8. The average Bonchev–Trinajstić information content (AvgIpc) is 1.67. The van der Waals surface area contributed by atoms with Crippen LogP contribution in [0, 0.1) is 121 Å². The smallest absolute Gasteiger partial charge is 0.222 e. The molecular formula is C107H150N8O4. The topological polar surface area (TPSA) is 133 Å². The lowest BCUT2D eigenvalue weighted by molar-refractivity contribution is -0.154. The van der Waals surface area contributed by atoms with Gasteiger partial charge in [-0.25, -0.2) is 0 Å². The van der Waals surface area contributed by atoms with Crippen molar-refractivity contribution < 1.29 is 19.2 Å². The Morgan fingerprint density at radius 1 is 0.361 bits per heavy atom. The molecule has 12 fully saturated rings. The molecule has 4 aromatic rings. The molecule has 5 unspecified atom stereocenters. The molecule has 0 N–H and O–H groups in total. The Kier molecular flexibility index (Phi) is 23.4. The maximum atomic E-state index is 12.7. The molecule has 4 amide bonds. The summed E-state index contributed by atoms with van der Waals surface area (Å²) in [5.41, 5.74) is 19.3. The van der Waals surface area contributed by atoms with Gasteiger partial charge in [0.15, 0.2) is 0 Å². The second-order valence-corrected chi connectivity index (χ2v) is 43.7. The molecule has 8 heterocycles. The van der Waals surface area contributed by atoms with Crippen LogP contribution in [0.4, 0.5) is 0 Å². The Hall–Kier alpha value is -6.56. The van der Waals surface area contributed by atoms with E-state index >= 15 is 0 Å². The van der Waals surface area contributed by atoms with Gasteiger partial charge in [-0.2, -0.15) is 0 Å². The number of aromatic nitrogens is 4. The average molecular weight is 1610 g/mol. The predicted octanol–water partition coefficient (Wildman–Crippen LogP) is 23.3. The molecule has 0 aromatic carbocycles. The van der Waals surface area contributed by atoms with E-state index in [4.69, 9.17) is 0 Å². The van der Waals surface area contributed by atoms with E-state index in [0.29, 0.717) is 75.9 Å². The minimum atomic E-state index is 0.284. The Bertz CT molecular complexity index is 4590. The van der Waals surface area contributed by atoms with Gasteiger partial charge < -0.3 is 19.6 Å². The summed E-state index contributed by atoms with van der Waals surface area (Å²) in [7, 11) is 0. The highest BCUT2D eigenvalue weighted by Gasteiger charge is 2.65. The molecule has 12 heteroatoms. The fraction of sp³-hybridized carbons (Fsp3) is 0.701. The molecular weight excluding hydrogens is 1460 g/mol. The first-order chi connectivity index (χ1) is 57.2. The number of hydrogen-bond donors (Lipinski definition) is 0. The summed E-state index contributed by atoms with van der Waals surface area (Å²) < 4.78 is 0. The first-order valence-electron chi connectivity index (χ1n) is 48.8. The fourth-order valence-corrected chi connectivity index (χ4v) is 32.9. The van der Waals surface area contributed by atoms with Crippen LogP contribution >= 0.6 is 0 Å². The van der Waals surface area contributed by atoms with Gasteiger partial charge in [0, 0.05) is 120 Å². The van der Waals surface area contributed by atoms with Gasteiger partial charge in [-0.05, 0) is 405 Å². The van der Waals surface area contributed by atoms with Crippen molar-refractivity contribution in [3.05, 3.63) is 143 Å². The number of amides is 4. The zero-order chi connectivity index (χ0) is 83.5. The quantitative estimate of drug-likeness (QED) is 0.143. The number of piperidine rings is 3. The SMILES string of the molecule is CCC(=O)N1CCC[C@@]2(C)C1CC[C@@H]1[C@@H]2CC[C@]2(C)C(c3cncc(CC)c3)=CC[C@@H]12.CCC(=O)N1CCC[C@]2(C)C3CC[C@]4(C)C(c5cncc(C)c5)=CC[C@H]4[C@@H]3CCC12.CCc1cncc(C2=CC[C@H]3[C@@H]4CCC5N(C(C)=O)CCC[C@]5(C)[C@H]4CC[C@]23C)c1.CCc1cncc(C2=CC[C@H]3[C@@H]4CCC5N(C=O)CC[C@]5(C)[C@H]4CC[C@]23C)c1. The number of carbonyl (C=O) groups excluding carboxylic acids is 4. The first-order valence-corrected chi connectivity index (χ1v) is 48.8. The van der Waals surface area contributed by atoms with Crippen LogP contribution < -0.4 is 0 Å². The zero-order valence-electron chi connectivity index (χ0n) is 76.2. The summed E-state index contributed by atoms with van der Waals surface area (Å²) in [5, 5.41) is 0. The lowest BCUT2D eigenvalue weighted by atomic mass is 9.46. The highest BCUT2D eigenvalue weighted by atomic mass is 16.2. The number of pyridine rings is 4. The third-order valence-electron chi connectivity index (χ3n) is 38.9. The number of aryl methyl sites for hydroxylation is 4. The zero-order valence-corrected chi connectivity index (χ0v) is 76.2. The normalized spacial score (nSPS) is 40.4. The molecule has 642 valence electrons. The molecule has 4 aromatic heterocycles. The molecule has 8 saturated carbocycles. The van der Waals surface area contributed by atoms with Crippen LogP contribution in [-0.2, 0) is 38.4 Å². The highest BCUT2D eigenvalue weighted by Crippen LogP contribution is 2.72.